The molecule has 0 aromatic rings. The maximum absolute atomic E-state index is 10.7. The number of hydrogen-bond donors (Lipinski definition) is 1. The average Bonchev–Trinajstić information content (AvgIpc) is 2.74. The van der Waals surface area contributed by atoms with Crippen molar-refractivity contribution in [3.63, 3.8) is 0 Å². The molecule has 0 radical (unpaired) electrons. The van der Waals surface area contributed by atoms with E-state index in [-0.39, 0.29) is 0 Å². The highest BCUT2D eigenvalue weighted by Crippen LogP contribution is 2.20. The van der Waals surface area contributed by atoms with E-state index in [0.29, 0.717) is 12.6 Å². The molecule has 0 saturated carbocycles. The molecule has 1 fully saturated rings. The SMILES string of the molecule is CC1=CC(N2CCCN(CC[N+](C)(C)CC=O)CC2)CC=C1N. The van der Waals surface area contributed by atoms with Crippen LogP contribution < -0.4 is 5.73 Å². The Balaban J connectivity index is 1.82. The first kappa shape index (κ1) is 18.2. The van der Waals surface area contributed by atoms with Crippen molar-refractivity contribution in [1.82, 2.24) is 9.80 Å². The molecule has 1 saturated heterocycles. The minimum absolute atomic E-state index is 0.504. The first-order valence-electron chi connectivity index (χ1n) is 8.78. The molecule has 23 heavy (non-hydrogen) atoms. The van der Waals surface area contributed by atoms with Gasteiger partial charge in [0.05, 0.1) is 20.6 Å². The van der Waals surface area contributed by atoms with Gasteiger partial charge in [0.15, 0.2) is 6.29 Å². The van der Waals surface area contributed by atoms with Crippen LogP contribution in [0.5, 0.6) is 0 Å². The van der Waals surface area contributed by atoms with Crippen LogP contribution in [0.2, 0.25) is 0 Å². The van der Waals surface area contributed by atoms with Crippen LogP contribution in [0.3, 0.4) is 0 Å². The molecule has 130 valence electrons. The summed E-state index contributed by atoms with van der Waals surface area (Å²) in [6.07, 6.45) is 7.77. The van der Waals surface area contributed by atoms with Gasteiger partial charge in [0.2, 0.25) is 0 Å². The highest BCUT2D eigenvalue weighted by Gasteiger charge is 2.23. The second-order valence-corrected chi connectivity index (χ2v) is 7.55. The highest BCUT2D eigenvalue weighted by atomic mass is 16.1. The maximum atomic E-state index is 10.7. The maximum Gasteiger partial charge on any atom is 0.174 e. The van der Waals surface area contributed by atoms with Gasteiger partial charge in [0.1, 0.15) is 6.54 Å². The third kappa shape index (κ3) is 5.44. The number of carbonyl (C=O) groups excluding carboxylic acids is 1. The lowest BCUT2D eigenvalue weighted by Crippen LogP contribution is -2.47. The van der Waals surface area contributed by atoms with Crippen molar-refractivity contribution < 1.29 is 9.28 Å². The quantitative estimate of drug-likeness (QED) is 0.582. The third-order valence-corrected chi connectivity index (χ3v) is 5.16. The molecule has 0 spiro atoms. The third-order valence-electron chi connectivity index (χ3n) is 5.16. The van der Waals surface area contributed by atoms with Gasteiger partial charge in [-0.2, -0.15) is 0 Å². The number of hydrogen-bond acceptors (Lipinski definition) is 4. The molecule has 5 heteroatoms. The first-order chi connectivity index (χ1) is 10.9. The van der Waals surface area contributed by atoms with Crippen molar-refractivity contribution in [3.8, 4) is 0 Å². The minimum Gasteiger partial charge on any atom is -0.399 e. The van der Waals surface area contributed by atoms with Crippen LogP contribution in [0.15, 0.2) is 23.4 Å². The smallest absolute Gasteiger partial charge is 0.174 e. The fourth-order valence-electron chi connectivity index (χ4n) is 3.37. The van der Waals surface area contributed by atoms with Crippen LogP contribution >= 0.6 is 0 Å². The number of quaternary nitrogens is 1. The van der Waals surface area contributed by atoms with Gasteiger partial charge in [-0.25, -0.2) is 0 Å². The summed E-state index contributed by atoms with van der Waals surface area (Å²) >= 11 is 0. The average molecular weight is 321 g/mol. The molecule has 0 amide bonds. The van der Waals surface area contributed by atoms with Crippen molar-refractivity contribution in [2.45, 2.75) is 25.8 Å². The van der Waals surface area contributed by atoms with Gasteiger partial charge in [-0.1, -0.05) is 12.2 Å². The molecule has 1 aliphatic heterocycles. The fraction of sp³-hybridized carbons (Fsp3) is 0.722. The Morgan fingerprint density at radius 1 is 1.30 bits per heavy atom. The van der Waals surface area contributed by atoms with Crippen LogP contribution in [0.25, 0.3) is 0 Å². The molecule has 1 heterocycles. The van der Waals surface area contributed by atoms with Crippen molar-refractivity contribution in [3.05, 3.63) is 23.4 Å². The van der Waals surface area contributed by atoms with E-state index < -0.39 is 0 Å². The molecule has 2 aliphatic rings. The zero-order valence-electron chi connectivity index (χ0n) is 15.0. The first-order valence-corrected chi connectivity index (χ1v) is 8.78. The number of nitrogens with zero attached hydrogens (tertiary/aromatic N) is 3. The van der Waals surface area contributed by atoms with Crippen LogP contribution in [0.1, 0.15) is 19.8 Å². The lowest BCUT2D eigenvalue weighted by atomic mass is 9.99. The monoisotopic (exact) mass is 321 g/mol. The van der Waals surface area contributed by atoms with Crippen LogP contribution in [-0.2, 0) is 4.79 Å². The second-order valence-electron chi connectivity index (χ2n) is 7.55. The molecular formula is C18H33N4O+. The number of allylic oxidation sites excluding steroid dienone is 1. The summed E-state index contributed by atoms with van der Waals surface area (Å²) in [5.74, 6) is 0. The Labute approximate surface area is 141 Å². The van der Waals surface area contributed by atoms with E-state index in [2.05, 4.69) is 43.0 Å². The Morgan fingerprint density at radius 2 is 2.09 bits per heavy atom. The zero-order valence-corrected chi connectivity index (χ0v) is 15.0. The normalized spacial score (nSPS) is 24.7. The molecule has 2 N–H and O–H groups in total. The van der Waals surface area contributed by atoms with E-state index >= 15 is 0 Å². The Kier molecular flexibility index (Phi) is 6.39. The molecule has 1 unspecified atom stereocenters. The zero-order chi connectivity index (χ0) is 16.9. The van der Waals surface area contributed by atoms with Crippen LogP contribution in [0, 0.1) is 0 Å². The predicted octanol–water partition coefficient (Wildman–Crippen LogP) is 0.831. The van der Waals surface area contributed by atoms with Crippen LogP contribution in [-0.4, -0.2) is 86.5 Å². The molecule has 0 aromatic heterocycles. The van der Waals surface area contributed by atoms with E-state index in [4.69, 9.17) is 5.73 Å². The Morgan fingerprint density at radius 3 is 2.78 bits per heavy atom. The van der Waals surface area contributed by atoms with Gasteiger partial charge in [0.25, 0.3) is 0 Å². The minimum atomic E-state index is 0.504. The molecule has 0 bridgehead atoms. The molecule has 1 atom stereocenters. The Hall–Kier alpha value is -1.17. The van der Waals surface area contributed by atoms with E-state index in [9.17, 15) is 4.79 Å². The number of nitrogens with two attached hydrogens (primary N) is 1. The lowest BCUT2D eigenvalue weighted by Gasteiger charge is -2.32. The standard InChI is InChI=1S/C18H33N4O/c1-16-15-17(5-6-18(16)19)21-8-4-7-20(9-10-21)11-12-22(2,3)13-14-23/h6,14-15,17H,4-5,7-13,19H2,1-3H3/q+1. The molecular weight excluding hydrogens is 288 g/mol. The largest absolute Gasteiger partial charge is 0.399 e. The summed E-state index contributed by atoms with van der Waals surface area (Å²) in [6, 6.07) is 0.504. The summed E-state index contributed by atoms with van der Waals surface area (Å²) in [5, 5.41) is 0. The van der Waals surface area contributed by atoms with Crippen molar-refractivity contribution in [2.24, 2.45) is 5.73 Å². The van der Waals surface area contributed by atoms with Crippen molar-refractivity contribution >= 4 is 6.29 Å². The van der Waals surface area contributed by atoms with E-state index in [1.807, 2.05) is 0 Å². The topological polar surface area (TPSA) is 49.6 Å². The number of rotatable bonds is 6. The van der Waals surface area contributed by atoms with Gasteiger partial charge >= 0.3 is 0 Å². The molecule has 1 aliphatic carbocycles. The van der Waals surface area contributed by atoms with Gasteiger partial charge in [0, 0.05) is 37.9 Å². The van der Waals surface area contributed by atoms with Crippen molar-refractivity contribution in [1.29, 1.82) is 0 Å². The van der Waals surface area contributed by atoms with Gasteiger partial charge in [-0.05, 0) is 31.9 Å². The highest BCUT2D eigenvalue weighted by molar-refractivity contribution is 5.50. The summed E-state index contributed by atoms with van der Waals surface area (Å²) in [4.78, 5) is 15.9. The molecule has 0 aromatic carbocycles. The second kappa shape index (κ2) is 8.08. The van der Waals surface area contributed by atoms with E-state index in [1.165, 1.54) is 12.0 Å². The lowest BCUT2D eigenvalue weighted by molar-refractivity contribution is -0.881. The van der Waals surface area contributed by atoms with Crippen molar-refractivity contribution in [2.75, 3.05) is 59.9 Å². The number of carbonyl (C=O) groups is 1. The predicted molar refractivity (Wildman–Crippen MR) is 95.0 cm³/mol. The van der Waals surface area contributed by atoms with Gasteiger partial charge in [-0.3, -0.25) is 14.6 Å². The van der Waals surface area contributed by atoms with Gasteiger partial charge in [-0.15, -0.1) is 0 Å². The summed E-state index contributed by atoms with van der Waals surface area (Å²) < 4.78 is 0.776. The van der Waals surface area contributed by atoms with Gasteiger partial charge < -0.3 is 10.2 Å². The number of likely N-dealkylation sites (N-methyl/N-ethyl adjacent to an activating group) is 1. The van der Waals surface area contributed by atoms with Crippen LogP contribution in [0.4, 0.5) is 0 Å². The molecule has 2 rings (SSSR count). The Bertz CT molecular complexity index is 470. The molecule has 5 nitrogen and oxygen atoms in total. The van der Waals surface area contributed by atoms with E-state index in [0.717, 1.165) is 62.2 Å². The number of aldehydes is 1. The summed E-state index contributed by atoms with van der Waals surface area (Å²) in [5.41, 5.74) is 8.12. The summed E-state index contributed by atoms with van der Waals surface area (Å²) in [7, 11) is 4.26. The fourth-order valence-corrected chi connectivity index (χ4v) is 3.37. The summed E-state index contributed by atoms with van der Waals surface area (Å²) in [6.45, 7) is 9.35. The van der Waals surface area contributed by atoms with E-state index in [1.54, 1.807) is 0 Å².